The van der Waals surface area contributed by atoms with Crippen molar-refractivity contribution in [2.75, 3.05) is 6.54 Å². The van der Waals surface area contributed by atoms with Crippen molar-refractivity contribution in [2.24, 2.45) is 5.92 Å². The smallest absolute Gasteiger partial charge is 0.181 e. The summed E-state index contributed by atoms with van der Waals surface area (Å²) < 4.78 is 7.50. The Morgan fingerprint density at radius 1 is 1.42 bits per heavy atom. The highest BCUT2D eigenvalue weighted by Crippen LogP contribution is 2.24. The lowest BCUT2D eigenvalue weighted by Crippen LogP contribution is -2.19. The third-order valence-corrected chi connectivity index (χ3v) is 2.92. The molecular formula is C14H22N4O. The lowest BCUT2D eigenvalue weighted by molar-refractivity contribution is 0.540. The maximum atomic E-state index is 5.55. The molecule has 2 heterocycles. The van der Waals surface area contributed by atoms with Gasteiger partial charge >= 0.3 is 0 Å². The minimum atomic E-state index is 0.624. The Bertz CT molecular complexity index is 527. The Hall–Kier alpha value is -1.62. The average Bonchev–Trinajstić information content (AvgIpc) is 2.94. The summed E-state index contributed by atoms with van der Waals surface area (Å²) in [5.41, 5.74) is 2.93. The molecule has 0 saturated heterocycles. The summed E-state index contributed by atoms with van der Waals surface area (Å²) in [5.74, 6) is 1.44. The van der Waals surface area contributed by atoms with E-state index in [9.17, 15) is 0 Å². The van der Waals surface area contributed by atoms with Crippen molar-refractivity contribution in [3.63, 3.8) is 0 Å². The summed E-state index contributed by atoms with van der Waals surface area (Å²) in [6.07, 6.45) is 1.50. The van der Waals surface area contributed by atoms with Crippen LogP contribution in [0.1, 0.15) is 32.2 Å². The van der Waals surface area contributed by atoms with E-state index >= 15 is 0 Å². The first-order chi connectivity index (χ1) is 9.11. The summed E-state index contributed by atoms with van der Waals surface area (Å²) in [5, 5.41) is 7.83. The molecule has 19 heavy (non-hydrogen) atoms. The van der Waals surface area contributed by atoms with Crippen LogP contribution in [0.2, 0.25) is 0 Å². The molecule has 0 saturated carbocycles. The molecule has 0 unspecified atom stereocenters. The zero-order valence-corrected chi connectivity index (χ0v) is 12.1. The molecule has 2 rings (SSSR count). The van der Waals surface area contributed by atoms with Crippen LogP contribution in [0.15, 0.2) is 16.9 Å². The van der Waals surface area contributed by atoms with Crippen LogP contribution >= 0.6 is 0 Å². The molecule has 0 spiro atoms. The second-order valence-corrected chi connectivity index (χ2v) is 5.14. The second-order valence-electron chi connectivity index (χ2n) is 5.14. The van der Waals surface area contributed by atoms with E-state index in [0.717, 1.165) is 42.5 Å². The fourth-order valence-corrected chi connectivity index (χ4v) is 2.05. The predicted octanol–water partition coefficient (Wildman–Crippen LogP) is 2.61. The lowest BCUT2D eigenvalue weighted by Gasteiger charge is -2.07. The zero-order valence-electron chi connectivity index (χ0n) is 12.1. The summed E-state index contributed by atoms with van der Waals surface area (Å²) in [4.78, 5) is 4.30. The summed E-state index contributed by atoms with van der Waals surface area (Å²) >= 11 is 0. The molecule has 104 valence electrons. The molecule has 0 bridgehead atoms. The minimum absolute atomic E-state index is 0.624. The highest BCUT2D eigenvalue weighted by molar-refractivity contribution is 5.55. The Balaban J connectivity index is 2.18. The van der Waals surface area contributed by atoms with Gasteiger partial charge in [0.2, 0.25) is 0 Å². The molecular weight excluding hydrogens is 240 g/mol. The van der Waals surface area contributed by atoms with E-state index in [1.54, 1.807) is 0 Å². The van der Waals surface area contributed by atoms with Gasteiger partial charge in [0.15, 0.2) is 12.2 Å². The van der Waals surface area contributed by atoms with Gasteiger partial charge in [-0.15, -0.1) is 0 Å². The van der Waals surface area contributed by atoms with Gasteiger partial charge in [0.05, 0.1) is 5.69 Å². The Morgan fingerprint density at radius 2 is 2.21 bits per heavy atom. The normalized spacial score (nSPS) is 11.4. The van der Waals surface area contributed by atoms with Crippen molar-refractivity contribution >= 4 is 0 Å². The second kappa shape index (κ2) is 6.02. The van der Waals surface area contributed by atoms with Gasteiger partial charge in [0, 0.05) is 13.1 Å². The van der Waals surface area contributed by atoms with Gasteiger partial charge < -0.3 is 9.73 Å². The Labute approximate surface area is 114 Å². The van der Waals surface area contributed by atoms with Crippen molar-refractivity contribution in [2.45, 2.75) is 40.8 Å². The number of hydrogen-bond donors (Lipinski definition) is 1. The van der Waals surface area contributed by atoms with E-state index in [0.29, 0.717) is 5.92 Å². The van der Waals surface area contributed by atoms with Crippen molar-refractivity contribution < 1.29 is 4.42 Å². The number of nitrogens with zero attached hydrogens (tertiary/aromatic N) is 3. The quantitative estimate of drug-likeness (QED) is 0.869. The fourth-order valence-electron chi connectivity index (χ4n) is 2.05. The first kappa shape index (κ1) is 13.8. The third-order valence-electron chi connectivity index (χ3n) is 2.92. The first-order valence-corrected chi connectivity index (χ1v) is 6.79. The summed E-state index contributed by atoms with van der Waals surface area (Å²) in [7, 11) is 0. The highest BCUT2D eigenvalue weighted by atomic mass is 16.3. The molecule has 0 aromatic carbocycles. The molecule has 0 aliphatic heterocycles. The lowest BCUT2D eigenvalue weighted by atomic mass is 10.2. The van der Waals surface area contributed by atoms with E-state index in [4.69, 9.17) is 4.42 Å². The van der Waals surface area contributed by atoms with Crippen molar-refractivity contribution in [1.29, 1.82) is 0 Å². The SMILES string of the molecule is CCn1nc(C)cc1-c1ocnc1CNCC(C)C. The van der Waals surface area contributed by atoms with Crippen molar-refractivity contribution in [1.82, 2.24) is 20.1 Å². The number of aryl methyl sites for hydroxylation is 2. The molecule has 2 aromatic heterocycles. The van der Waals surface area contributed by atoms with Crippen LogP contribution in [-0.2, 0) is 13.1 Å². The van der Waals surface area contributed by atoms with Gasteiger partial charge in [-0.1, -0.05) is 13.8 Å². The maximum absolute atomic E-state index is 5.55. The van der Waals surface area contributed by atoms with Gasteiger partial charge in [-0.25, -0.2) is 4.98 Å². The molecule has 1 N–H and O–H groups in total. The molecule has 0 fully saturated rings. The van der Waals surface area contributed by atoms with E-state index in [2.05, 4.69) is 36.2 Å². The number of nitrogens with one attached hydrogen (secondary N) is 1. The van der Waals surface area contributed by atoms with Crippen LogP contribution in [0.4, 0.5) is 0 Å². The van der Waals surface area contributed by atoms with E-state index in [1.807, 2.05) is 17.7 Å². The topological polar surface area (TPSA) is 55.9 Å². The highest BCUT2D eigenvalue weighted by Gasteiger charge is 2.15. The Morgan fingerprint density at radius 3 is 2.89 bits per heavy atom. The fraction of sp³-hybridized carbons (Fsp3) is 0.571. The number of oxazole rings is 1. The predicted molar refractivity (Wildman–Crippen MR) is 74.7 cm³/mol. The third kappa shape index (κ3) is 3.23. The molecule has 2 aromatic rings. The standard InChI is InChI=1S/C14H22N4O/c1-5-18-13(6-11(4)17-18)14-12(16-9-19-14)8-15-7-10(2)3/h6,9-10,15H,5,7-8H2,1-4H3. The van der Waals surface area contributed by atoms with E-state index in [-0.39, 0.29) is 0 Å². The molecule has 0 atom stereocenters. The summed E-state index contributed by atoms with van der Waals surface area (Å²) in [6.45, 7) is 10.9. The molecule has 0 aliphatic carbocycles. The number of rotatable bonds is 6. The monoisotopic (exact) mass is 262 g/mol. The van der Waals surface area contributed by atoms with Crippen LogP contribution in [0.3, 0.4) is 0 Å². The number of aromatic nitrogens is 3. The molecule has 5 heteroatoms. The van der Waals surface area contributed by atoms with Crippen molar-refractivity contribution in [3.8, 4) is 11.5 Å². The van der Waals surface area contributed by atoms with Crippen LogP contribution in [-0.4, -0.2) is 21.3 Å². The average molecular weight is 262 g/mol. The zero-order chi connectivity index (χ0) is 13.8. The van der Waals surface area contributed by atoms with Gasteiger partial charge in [0.25, 0.3) is 0 Å². The van der Waals surface area contributed by atoms with Crippen LogP contribution < -0.4 is 5.32 Å². The van der Waals surface area contributed by atoms with E-state index < -0.39 is 0 Å². The van der Waals surface area contributed by atoms with Crippen molar-refractivity contribution in [3.05, 3.63) is 23.8 Å². The largest absolute Gasteiger partial charge is 0.442 e. The van der Waals surface area contributed by atoms with E-state index in [1.165, 1.54) is 6.39 Å². The first-order valence-electron chi connectivity index (χ1n) is 6.79. The van der Waals surface area contributed by atoms with Gasteiger partial charge in [-0.05, 0) is 32.4 Å². The molecule has 5 nitrogen and oxygen atoms in total. The van der Waals surface area contributed by atoms with Crippen LogP contribution in [0, 0.1) is 12.8 Å². The van der Waals surface area contributed by atoms with Crippen LogP contribution in [0.5, 0.6) is 0 Å². The molecule has 0 aliphatic rings. The van der Waals surface area contributed by atoms with Gasteiger partial charge in [0.1, 0.15) is 11.4 Å². The van der Waals surface area contributed by atoms with Crippen LogP contribution in [0.25, 0.3) is 11.5 Å². The van der Waals surface area contributed by atoms with Gasteiger partial charge in [-0.3, -0.25) is 4.68 Å². The number of hydrogen-bond acceptors (Lipinski definition) is 4. The minimum Gasteiger partial charge on any atom is -0.442 e. The summed E-state index contributed by atoms with van der Waals surface area (Å²) in [6, 6.07) is 2.04. The van der Waals surface area contributed by atoms with Gasteiger partial charge in [-0.2, -0.15) is 5.10 Å². The Kier molecular flexibility index (Phi) is 4.37. The molecule has 0 radical (unpaired) electrons. The maximum Gasteiger partial charge on any atom is 0.181 e. The molecule has 0 amide bonds.